The number of hydrogen-bond donors (Lipinski definition) is 2. The van der Waals surface area contributed by atoms with E-state index in [0.717, 1.165) is 6.54 Å². The second-order valence-electron chi connectivity index (χ2n) is 3.89. The number of nitrogen functional groups attached to an aromatic ring is 1. The van der Waals surface area contributed by atoms with Crippen molar-refractivity contribution in [2.45, 2.75) is 6.54 Å². The summed E-state index contributed by atoms with van der Waals surface area (Å²) in [5.41, 5.74) is 4.90. The molecule has 0 aliphatic carbocycles. The van der Waals surface area contributed by atoms with E-state index >= 15 is 0 Å². The average Bonchev–Trinajstić information content (AvgIpc) is 2.40. The molecule has 88 valence electrons. The summed E-state index contributed by atoms with van der Waals surface area (Å²) in [6.07, 6.45) is 1.75. The number of nitrogens with zero attached hydrogens (tertiary/aromatic N) is 2. The van der Waals surface area contributed by atoms with Crippen molar-refractivity contribution in [3.8, 4) is 0 Å². The van der Waals surface area contributed by atoms with E-state index in [9.17, 15) is 0 Å². The van der Waals surface area contributed by atoms with Gasteiger partial charge in [0.2, 0.25) is 0 Å². The SMILES string of the molecule is CN(Cc1ccnc(NN)c1)c1ccccc1. The Bertz CT molecular complexity index is 470. The van der Waals surface area contributed by atoms with Crippen LogP contribution in [-0.2, 0) is 6.54 Å². The highest BCUT2D eigenvalue weighted by molar-refractivity contribution is 5.46. The van der Waals surface area contributed by atoms with E-state index in [1.807, 2.05) is 30.3 Å². The monoisotopic (exact) mass is 228 g/mol. The first kappa shape index (κ1) is 11.4. The molecular formula is C13H16N4. The molecule has 0 aliphatic rings. The van der Waals surface area contributed by atoms with Gasteiger partial charge in [-0.3, -0.25) is 0 Å². The van der Waals surface area contributed by atoms with Crippen LogP contribution in [0.1, 0.15) is 5.56 Å². The number of hydrogen-bond acceptors (Lipinski definition) is 4. The topological polar surface area (TPSA) is 54.2 Å². The van der Waals surface area contributed by atoms with Gasteiger partial charge in [-0.1, -0.05) is 18.2 Å². The molecule has 1 aromatic heterocycles. The van der Waals surface area contributed by atoms with Crippen molar-refractivity contribution in [2.24, 2.45) is 5.84 Å². The van der Waals surface area contributed by atoms with Gasteiger partial charge in [-0.05, 0) is 29.8 Å². The predicted octanol–water partition coefficient (Wildman–Crippen LogP) is 2.00. The average molecular weight is 228 g/mol. The Labute approximate surface area is 101 Å². The standard InChI is InChI=1S/C13H16N4/c1-17(12-5-3-2-4-6-12)10-11-7-8-15-13(9-11)16-14/h2-9H,10,14H2,1H3,(H,15,16). The molecular weight excluding hydrogens is 212 g/mol. The lowest BCUT2D eigenvalue weighted by molar-refractivity contribution is 0.919. The zero-order valence-electron chi connectivity index (χ0n) is 9.80. The number of nitrogens with one attached hydrogen (secondary N) is 1. The van der Waals surface area contributed by atoms with Gasteiger partial charge >= 0.3 is 0 Å². The summed E-state index contributed by atoms with van der Waals surface area (Å²) in [6, 6.07) is 14.2. The molecule has 0 aliphatic heterocycles. The highest BCUT2D eigenvalue weighted by Gasteiger charge is 2.02. The van der Waals surface area contributed by atoms with E-state index in [1.165, 1.54) is 11.3 Å². The van der Waals surface area contributed by atoms with Crippen LogP contribution in [0.5, 0.6) is 0 Å². The number of hydrazine groups is 1. The van der Waals surface area contributed by atoms with Crippen LogP contribution < -0.4 is 16.2 Å². The van der Waals surface area contributed by atoms with Gasteiger partial charge in [-0.15, -0.1) is 0 Å². The molecule has 0 bridgehead atoms. The van der Waals surface area contributed by atoms with Crippen molar-refractivity contribution in [2.75, 3.05) is 17.4 Å². The Hall–Kier alpha value is -2.07. The van der Waals surface area contributed by atoms with Gasteiger partial charge in [0, 0.05) is 25.5 Å². The zero-order chi connectivity index (χ0) is 12.1. The van der Waals surface area contributed by atoms with Crippen LogP contribution in [-0.4, -0.2) is 12.0 Å². The van der Waals surface area contributed by atoms with E-state index < -0.39 is 0 Å². The Kier molecular flexibility index (Phi) is 3.57. The van der Waals surface area contributed by atoms with E-state index in [0.29, 0.717) is 5.82 Å². The summed E-state index contributed by atoms with van der Waals surface area (Å²) in [6.45, 7) is 0.821. The lowest BCUT2D eigenvalue weighted by Gasteiger charge is -2.19. The number of aromatic nitrogens is 1. The summed E-state index contributed by atoms with van der Waals surface area (Å²) < 4.78 is 0. The van der Waals surface area contributed by atoms with Gasteiger partial charge in [0.1, 0.15) is 5.82 Å². The van der Waals surface area contributed by atoms with Gasteiger partial charge in [0.05, 0.1) is 0 Å². The maximum Gasteiger partial charge on any atom is 0.140 e. The van der Waals surface area contributed by atoms with Gasteiger partial charge in [-0.2, -0.15) is 0 Å². The third kappa shape index (κ3) is 2.95. The number of nitrogens with two attached hydrogens (primary N) is 1. The fraction of sp³-hybridized carbons (Fsp3) is 0.154. The minimum atomic E-state index is 0.684. The summed E-state index contributed by atoms with van der Waals surface area (Å²) in [5.74, 6) is 6.02. The van der Waals surface area contributed by atoms with E-state index in [1.54, 1.807) is 6.20 Å². The van der Waals surface area contributed by atoms with Crippen LogP contribution >= 0.6 is 0 Å². The molecule has 0 saturated carbocycles. The maximum absolute atomic E-state index is 5.33. The van der Waals surface area contributed by atoms with Crippen LogP contribution in [0.25, 0.3) is 0 Å². The Morgan fingerprint density at radius 2 is 2.00 bits per heavy atom. The van der Waals surface area contributed by atoms with Crippen molar-refractivity contribution in [3.05, 3.63) is 54.2 Å². The lowest BCUT2D eigenvalue weighted by atomic mass is 10.2. The third-order valence-electron chi connectivity index (χ3n) is 2.59. The predicted molar refractivity (Wildman–Crippen MR) is 70.6 cm³/mol. The fourth-order valence-electron chi connectivity index (χ4n) is 1.70. The Balaban J connectivity index is 2.10. The minimum Gasteiger partial charge on any atom is -0.370 e. The first-order valence-electron chi connectivity index (χ1n) is 5.47. The number of pyridine rings is 1. The van der Waals surface area contributed by atoms with Crippen LogP contribution in [0.3, 0.4) is 0 Å². The number of benzene rings is 1. The van der Waals surface area contributed by atoms with E-state index in [2.05, 4.69) is 34.5 Å². The third-order valence-corrected chi connectivity index (χ3v) is 2.59. The molecule has 1 aromatic carbocycles. The molecule has 0 amide bonds. The molecule has 0 atom stereocenters. The van der Waals surface area contributed by atoms with Crippen molar-refractivity contribution in [1.82, 2.24) is 4.98 Å². The lowest BCUT2D eigenvalue weighted by Crippen LogP contribution is -2.16. The Morgan fingerprint density at radius 1 is 1.24 bits per heavy atom. The zero-order valence-corrected chi connectivity index (χ0v) is 9.80. The van der Waals surface area contributed by atoms with Crippen LogP contribution in [0.15, 0.2) is 48.7 Å². The second kappa shape index (κ2) is 5.32. The molecule has 4 heteroatoms. The van der Waals surface area contributed by atoms with Gasteiger partial charge in [-0.25, -0.2) is 10.8 Å². The van der Waals surface area contributed by atoms with Crippen molar-refractivity contribution >= 4 is 11.5 Å². The fourth-order valence-corrected chi connectivity index (χ4v) is 1.70. The number of anilines is 2. The quantitative estimate of drug-likeness (QED) is 0.621. The minimum absolute atomic E-state index is 0.684. The number of rotatable bonds is 4. The van der Waals surface area contributed by atoms with Crippen molar-refractivity contribution in [3.63, 3.8) is 0 Å². The summed E-state index contributed by atoms with van der Waals surface area (Å²) in [4.78, 5) is 6.26. The van der Waals surface area contributed by atoms with Crippen LogP contribution in [0, 0.1) is 0 Å². The molecule has 0 saturated heterocycles. The molecule has 3 N–H and O–H groups in total. The van der Waals surface area contributed by atoms with E-state index in [4.69, 9.17) is 5.84 Å². The molecule has 2 aromatic rings. The normalized spacial score (nSPS) is 10.0. The largest absolute Gasteiger partial charge is 0.370 e. The van der Waals surface area contributed by atoms with E-state index in [-0.39, 0.29) is 0 Å². The first-order valence-corrected chi connectivity index (χ1v) is 5.47. The second-order valence-corrected chi connectivity index (χ2v) is 3.89. The summed E-state index contributed by atoms with van der Waals surface area (Å²) in [5, 5.41) is 0. The highest BCUT2D eigenvalue weighted by atomic mass is 15.2. The summed E-state index contributed by atoms with van der Waals surface area (Å²) in [7, 11) is 2.06. The van der Waals surface area contributed by atoms with Crippen LogP contribution in [0.4, 0.5) is 11.5 Å². The molecule has 1 heterocycles. The molecule has 17 heavy (non-hydrogen) atoms. The van der Waals surface area contributed by atoms with Crippen molar-refractivity contribution in [1.29, 1.82) is 0 Å². The highest BCUT2D eigenvalue weighted by Crippen LogP contribution is 2.15. The molecule has 0 fully saturated rings. The Morgan fingerprint density at radius 3 is 2.71 bits per heavy atom. The molecule has 0 unspecified atom stereocenters. The van der Waals surface area contributed by atoms with Gasteiger partial charge in [0.15, 0.2) is 0 Å². The van der Waals surface area contributed by atoms with Crippen molar-refractivity contribution < 1.29 is 0 Å². The molecule has 0 spiro atoms. The maximum atomic E-state index is 5.33. The van der Waals surface area contributed by atoms with Gasteiger partial charge < -0.3 is 10.3 Å². The first-order chi connectivity index (χ1) is 8.29. The molecule has 4 nitrogen and oxygen atoms in total. The van der Waals surface area contributed by atoms with Gasteiger partial charge in [0.25, 0.3) is 0 Å². The molecule has 0 radical (unpaired) electrons. The summed E-state index contributed by atoms with van der Waals surface area (Å²) >= 11 is 0. The molecule has 2 rings (SSSR count). The number of para-hydroxylation sites is 1. The smallest absolute Gasteiger partial charge is 0.140 e. The van der Waals surface area contributed by atoms with Crippen LogP contribution in [0.2, 0.25) is 0 Å².